The van der Waals surface area contributed by atoms with Crippen LogP contribution in [0.25, 0.3) is 0 Å². The van der Waals surface area contributed by atoms with Gasteiger partial charge < -0.3 is 15.0 Å². The number of piperidine rings is 1. The third kappa shape index (κ3) is 3.25. The first-order valence-corrected chi connectivity index (χ1v) is 7.31. The van der Waals surface area contributed by atoms with Crippen LogP contribution in [0, 0.1) is 5.92 Å². The summed E-state index contributed by atoms with van der Waals surface area (Å²) in [7, 11) is 3.50. The van der Waals surface area contributed by atoms with E-state index in [2.05, 4.69) is 5.32 Å². The molecule has 2 rings (SSSR count). The third-order valence-electron chi connectivity index (χ3n) is 3.71. The van der Waals surface area contributed by atoms with Gasteiger partial charge in [-0.25, -0.2) is 0 Å². The number of likely N-dealkylation sites (tertiary alicyclic amines) is 1. The van der Waals surface area contributed by atoms with Crippen molar-refractivity contribution in [1.82, 2.24) is 10.2 Å². The number of nitrogens with zero attached hydrogens (tertiary/aromatic N) is 1. The molecule has 0 aliphatic carbocycles. The van der Waals surface area contributed by atoms with Gasteiger partial charge in [-0.3, -0.25) is 4.79 Å². The summed E-state index contributed by atoms with van der Waals surface area (Å²) >= 11 is 6.18. The third-order valence-corrected chi connectivity index (χ3v) is 4.02. The highest BCUT2D eigenvalue weighted by molar-refractivity contribution is 6.34. The zero-order valence-corrected chi connectivity index (χ0v) is 12.7. The molecule has 5 heteroatoms. The van der Waals surface area contributed by atoms with Crippen LogP contribution in [0.15, 0.2) is 18.2 Å². The minimum atomic E-state index is -0.0340. The highest BCUT2D eigenvalue weighted by atomic mass is 35.5. The minimum Gasteiger partial charge on any atom is -0.496 e. The van der Waals surface area contributed by atoms with E-state index in [1.165, 1.54) is 0 Å². The number of carbonyl (C=O) groups is 1. The Hall–Kier alpha value is -1.26. The largest absolute Gasteiger partial charge is 0.496 e. The number of amides is 1. The first kappa shape index (κ1) is 15.1. The summed E-state index contributed by atoms with van der Waals surface area (Å²) < 4.78 is 5.27. The van der Waals surface area contributed by atoms with Gasteiger partial charge in [-0.1, -0.05) is 17.7 Å². The monoisotopic (exact) mass is 296 g/mol. The molecule has 0 saturated carbocycles. The molecule has 1 aliphatic rings. The Bertz CT molecular complexity index is 477. The number of methoxy groups -OCH3 is 1. The molecule has 4 nitrogen and oxygen atoms in total. The molecule has 110 valence electrons. The summed E-state index contributed by atoms with van der Waals surface area (Å²) in [6.07, 6.45) is 2.19. The van der Waals surface area contributed by atoms with E-state index in [1.807, 2.05) is 11.9 Å². The second-order valence-corrected chi connectivity index (χ2v) is 5.54. The van der Waals surface area contributed by atoms with Crippen LogP contribution >= 0.6 is 11.6 Å². The first-order chi connectivity index (χ1) is 9.67. The van der Waals surface area contributed by atoms with E-state index in [9.17, 15) is 4.79 Å². The summed E-state index contributed by atoms with van der Waals surface area (Å²) in [5.74, 6) is 1.01. The molecule has 0 spiro atoms. The maximum absolute atomic E-state index is 12.7. The van der Waals surface area contributed by atoms with Gasteiger partial charge in [-0.05, 0) is 44.5 Å². The summed E-state index contributed by atoms with van der Waals surface area (Å²) in [6.45, 7) is 2.49. The number of rotatable bonds is 4. The SMILES string of the molecule is CNC[C@@H]1CCCN(C(=O)c2c(Cl)cccc2OC)C1. The average molecular weight is 297 g/mol. The van der Waals surface area contributed by atoms with Crippen LogP contribution in [0.1, 0.15) is 23.2 Å². The van der Waals surface area contributed by atoms with Crippen molar-refractivity contribution in [2.45, 2.75) is 12.8 Å². The molecule has 1 heterocycles. The number of hydrogen-bond donors (Lipinski definition) is 1. The summed E-state index contributed by atoms with van der Waals surface area (Å²) in [5.41, 5.74) is 0.474. The molecule has 20 heavy (non-hydrogen) atoms. The number of carbonyl (C=O) groups excluding carboxylic acids is 1. The minimum absolute atomic E-state index is 0.0340. The van der Waals surface area contributed by atoms with Crippen molar-refractivity contribution in [2.24, 2.45) is 5.92 Å². The molecular formula is C15H21ClN2O2. The number of halogens is 1. The Morgan fingerprint density at radius 3 is 3.05 bits per heavy atom. The van der Waals surface area contributed by atoms with Crippen molar-refractivity contribution in [3.63, 3.8) is 0 Å². The summed E-state index contributed by atoms with van der Waals surface area (Å²) in [6, 6.07) is 5.29. The van der Waals surface area contributed by atoms with E-state index in [0.717, 1.165) is 32.5 Å². The van der Waals surface area contributed by atoms with E-state index < -0.39 is 0 Å². The molecular weight excluding hydrogens is 276 g/mol. The van der Waals surface area contributed by atoms with Gasteiger partial charge in [0.15, 0.2) is 0 Å². The van der Waals surface area contributed by atoms with E-state index >= 15 is 0 Å². The fraction of sp³-hybridized carbons (Fsp3) is 0.533. The van der Waals surface area contributed by atoms with Crippen molar-refractivity contribution in [1.29, 1.82) is 0 Å². The molecule has 1 N–H and O–H groups in total. The van der Waals surface area contributed by atoms with E-state index in [1.54, 1.807) is 25.3 Å². The quantitative estimate of drug-likeness (QED) is 0.928. The van der Waals surface area contributed by atoms with Crippen LogP contribution in [-0.2, 0) is 0 Å². The van der Waals surface area contributed by atoms with Crippen molar-refractivity contribution >= 4 is 17.5 Å². The Kier molecular flexibility index (Phi) is 5.26. The van der Waals surface area contributed by atoms with Crippen molar-refractivity contribution < 1.29 is 9.53 Å². The molecule has 1 aliphatic heterocycles. The molecule has 0 bridgehead atoms. The van der Waals surface area contributed by atoms with Gasteiger partial charge in [0.2, 0.25) is 0 Å². The zero-order chi connectivity index (χ0) is 14.5. The van der Waals surface area contributed by atoms with Crippen LogP contribution in [-0.4, -0.2) is 44.6 Å². The number of ether oxygens (including phenoxy) is 1. The first-order valence-electron chi connectivity index (χ1n) is 6.93. The fourth-order valence-corrected chi connectivity index (χ4v) is 2.99. The van der Waals surface area contributed by atoms with E-state index in [4.69, 9.17) is 16.3 Å². The van der Waals surface area contributed by atoms with Crippen LogP contribution in [0.3, 0.4) is 0 Å². The maximum atomic E-state index is 12.7. The Morgan fingerprint density at radius 1 is 1.55 bits per heavy atom. The molecule has 0 radical (unpaired) electrons. The smallest absolute Gasteiger partial charge is 0.259 e. The lowest BCUT2D eigenvalue weighted by atomic mass is 9.97. The molecule has 0 aromatic heterocycles. The van der Waals surface area contributed by atoms with Crippen LogP contribution in [0.2, 0.25) is 5.02 Å². The Balaban J connectivity index is 2.18. The molecule has 1 amide bonds. The molecule has 1 atom stereocenters. The van der Waals surface area contributed by atoms with Crippen molar-refractivity contribution in [2.75, 3.05) is 33.8 Å². The van der Waals surface area contributed by atoms with Crippen molar-refractivity contribution in [3.05, 3.63) is 28.8 Å². The van der Waals surface area contributed by atoms with E-state index in [0.29, 0.717) is 22.3 Å². The summed E-state index contributed by atoms with van der Waals surface area (Å²) in [4.78, 5) is 14.6. The highest BCUT2D eigenvalue weighted by Gasteiger charge is 2.27. The predicted molar refractivity (Wildman–Crippen MR) is 80.6 cm³/mol. The lowest BCUT2D eigenvalue weighted by molar-refractivity contribution is 0.0671. The molecule has 1 aromatic rings. The average Bonchev–Trinajstić information content (AvgIpc) is 2.47. The van der Waals surface area contributed by atoms with E-state index in [-0.39, 0.29) is 5.91 Å². The van der Waals surface area contributed by atoms with Crippen LogP contribution < -0.4 is 10.1 Å². The van der Waals surface area contributed by atoms with Crippen LogP contribution in [0.5, 0.6) is 5.75 Å². The number of hydrogen-bond acceptors (Lipinski definition) is 3. The molecule has 0 unspecified atom stereocenters. The normalized spacial score (nSPS) is 18.9. The Labute approximate surface area is 125 Å². The maximum Gasteiger partial charge on any atom is 0.259 e. The van der Waals surface area contributed by atoms with Gasteiger partial charge in [0.05, 0.1) is 12.1 Å². The van der Waals surface area contributed by atoms with Gasteiger partial charge in [0.1, 0.15) is 11.3 Å². The fourth-order valence-electron chi connectivity index (χ4n) is 2.74. The Morgan fingerprint density at radius 2 is 2.35 bits per heavy atom. The lowest BCUT2D eigenvalue weighted by Gasteiger charge is -2.33. The van der Waals surface area contributed by atoms with Gasteiger partial charge in [-0.15, -0.1) is 0 Å². The van der Waals surface area contributed by atoms with Gasteiger partial charge in [-0.2, -0.15) is 0 Å². The number of nitrogens with one attached hydrogen (secondary N) is 1. The van der Waals surface area contributed by atoms with Gasteiger partial charge >= 0.3 is 0 Å². The highest BCUT2D eigenvalue weighted by Crippen LogP contribution is 2.29. The molecule has 1 saturated heterocycles. The summed E-state index contributed by atoms with van der Waals surface area (Å²) in [5, 5.41) is 3.63. The lowest BCUT2D eigenvalue weighted by Crippen LogP contribution is -2.42. The predicted octanol–water partition coefficient (Wildman–Crippen LogP) is 2.42. The zero-order valence-electron chi connectivity index (χ0n) is 12.0. The number of benzene rings is 1. The second kappa shape index (κ2) is 6.95. The van der Waals surface area contributed by atoms with Crippen LogP contribution in [0.4, 0.5) is 0 Å². The van der Waals surface area contributed by atoms with Gasteiger partial charge in [0, 0.05) is 13.1 Å². The topological polar surface area (TPSA) is 41.6 Å². The van der Waals surface area contributed by atoms with Gasteiger partial charge in [0.25, 0.3) is 5.91 Å². The van der Waals surface area contributed by atoms with Crippen molar-refractivity contribution in [3.8, 4) is 5.75 Å². The second-order valence-electron chi connectivity index (χ2n) is 5.13. The molecule has 1 aromatic carbocycles. The molecule has 1 fully saturated rings. The standard InChI is InChI=1S/C15H21ClN2O2/c1-17-9-11-5-4-8-18(10-11)15(19)14-12(16)6-3-7-13(14)20-2/h3,6-7,11,17H,4-5,8-10H2,1-2H3/t11-/m0/s1.